The van der Waals surface area contributed by atoms with Gasteiger partial charge in [0.15, 0.2) is 5.82 Å². The maximum absolute atomic E-state index is 13.8. The highest BCUT2D eigenvalue weighted by atomic mass is 79.9. The van der Waals surface area contributed by atoms with Gasteiger partial charge in [0.25, 0.3) is 0 Å². The molecule has 0 amide bonds. The van der Waals surface area contributed by atoms with E-state index in [4.69, 9.17) is 4.74 Å². The number of nitrogens with one attached hydrogen (secondary N) is 1. The quantitative estimate of drug-likeness (QED) is 0.761. The van der Waals surface area contributed by atoms with Gasteiger partial charge in [0.1, 0.15) is 10.1 Å². The van der Waals surface area contributed by atoms with Crippen molar-refractivity contribution in [3.63, 3.8) is 0 Å². The Kier molecular flexibility index (Phi) is 5.83. The third-order valence-electron chi connectivity index (χ3n) is 2.86. The fraction of sp³-hybridized carbons (Fsp3) is 0.571. The van der Waals surface area contributed by atoms with Crippen LogP contribution in [0.2, 0.25) is 0 Å². The second kappa shape index (κ2) is 6.81. The van der Waals surface area contributed by atoms with Crippen LogP contribution in [0.4, 0.5) is 4.39 Å². The topological polar surface area (TPSA) is 71.5 Å². The van der Waals surface area contributed by atoms with Crippen molar-refractivity contribution >= 4 is 21.9 Å². The Hall–Kier alpha value is -1.05. The molecule has 0 aliphatic rings. The van der Waals surface area contributed by atoms with Crippen molar-refractivity contribution in [2.24, 2.45) is 0 Å². The van der Waals surface area contributed by atoms with Gasteiger partial charge in [-0.1, -0.05) is 0 Å². The monoisotopic (exact) mass is 362 g/mol. The van der Waals surface area contributed by atoms with E-state index in [-0.39, 0.29) is 17.8 Å². The summed E-state index contributed by atoms with van der Waals surface area (Å²) in [4.78, 5) is 15.2. The number of carboxylic acids is 1. The van der Waals surface area contributed by atoms with Crippen LogP contribution in [-0.2, 0) is 16.1 Å². The molecule has 1 rings (SSSR count). The van der Waals surface area contributed by atoms with Crippen molar-refractivity contribution in [3.8, 4) is 0 Å². The standard InChI is InChI=1S/C14H20BrFN2O3/c1-13(2,3)21-8-14(4,12(19)20)18-7-9-5-6-17-11(15)10(9)16/h5-6,18H,7-8H2,1-4H3,(H,19,20)/t14-/m1/s1. The number of aliphatic carboxylic acids is 1. The Morgan fingerprint density at radius 3 is 2.62 bits per heavy atom. The summed E-state index contributed by atoms with van der Waals surface area (Å²) < 4.78 is 19.5. The lowest BCUT2D eigenvalue weighted by atomic mass is 10.0. The van der Waals surface area contributed by atoms with Crippen LogP contribution in [0.1, 0.15) is 33.3 Å². The minimum absolute atomic E-state index is 0.0281. The number of ether oxygens (including phenoxy) is 1. The second-order valence-electron chi connectivity index (χ2n) is 5.97. The van der Waals surface area contributed by atoms with Crippen molar-refractivity contribution < 1.29 is 19.0 Å². The van der Waals surface area contributed by atoms with Gasteiger partial charge in [-0.05, 0) is 49.7 Å². The Balaban J connectivity index is 2.79. The molecule has 0 bridgehead atoms. The summed E-state index contributed by atoms with van der Waals surface area (Å²) in [6.45, 7) is 7.07. The molecule has 0 radical (unpaired) electrons. The number of hydrogen-bond donors (Lipinski definition) is 2. The van der Waals surface area contributed by atoms with Gasteiger partial charge in [-0.3, -0.25) is 10.1 Å². The number of nitrogens with zero attached hydrogens (tertiary/aromatic N) is 1. The van der Waals surface area contributed by atoms with E-state index in [1.54, 1.807) is 0 Å². The Morgan fingerprint density at radius 2 is 2.10 bits per heavy atom. The minimum Gasteiger partial charge on any atom is -0.480 e. The van der Waals surface area contributed by atoms with Gasteiger partial charge in [0, 0.05) is 18.3 Å². The van der Waals surface area contributed by atoms with Gasteiger partial charge in [-0.25, -0.2) is 9.37 Å². The van der Waals surface area contributed by atoms with Crippen LogP contribution in [0.3, 0.4) is 0 Å². The summed E-state index contributed by atoms with van der Waals surface area (Å²) in [5.74, 6) is -1.56. The van der Waals surface area contributed by atoms with Gasteiger partial charge in [-0.2, -0.15) is 0 Å². The molecule has 118 valence electrons. The van der Waals surface area contributed by atoms with E-state index in [1.807, 2.05) is 20.8 Å². The molecule has 2 N–H and O–H groups in total. The van der Waals surface area contributed by atoms with Gasteiger partial charge in [-0.15, -0.1) is 0 Å². The van der Waals surface area contributed by atoms with Crippen LogP contribution < -0.4 is 5.32 Å². The Labute approximate surface area is 132 Å². The lowest BCUT2D eigenvalue weighted by Crippen LogP contribution is -2.54. The number of carbonyl (C=O) groups is 1. The summed E-state index contributed by atoms with van der Waals surface area (Å²) in [7, 11) is 0. The lowest BCUT2D eigenvalue weighted by Gasteiger charge is -2.30. The summed E-state index contributed by atoms with van der Waals surface area (Å²) >= 11 is 3.00. The van der Waals surface area contributed by atoms with Crippen LogP contribution >= 0.6 is 15.9 Å². The van der Waals surface area contributed by atoms with Crippen molar-refractivity contribution in [1.82, 2.24) is 10.3 Å². The maximum atomic E-state index is 13.8. The van der Waals surface area contributed by atoms with Crippen molar-refractivity contribution in [3.05, 3.63) is 28.2 Å². The molecular formula is C14H20BrFN2O3. The predicted octanol–water partition coefficient (Wildman–Crippen LogP) is 2.73. The van der Waals surface area contributed by atoms with E-state index in [0.717, 1.165) is 0 Å². The molecule has 0 saturated carbocycles. The maximum Gasteiger partial charge on any atom is 0.326 e. The summed E-state index contributed by atoms with van der Waals surface area (Å²) in [6.07, 6.45) is 1.45. The molecule has 0 aromatic carbocycles. The first-order chi connectivity index (χ1) is 9.55. The minimum atomic E-state index is -1.31. The van der Waals surface area contributed by atoms with Crippen molar-refractivity contribution in [1.29, 1.82) is 0 Å². The van der Waals surface area contributed by atoms with Crippen LogP contribution in [0.15, 0.2) is 16.9 Å². The van der Waals surface area contributed by atoms with Gasteiger partial charge in [0.05, 0.1) is 12.2 Å². The van der Waals surface area contributed by atoms with E-state index in [9.17, 15) is 14.3 Å². The summed E-state index contributed by atoms with van der Waals surface area (Å²) in [5.41, 5.74) is -1.43. The molecule has 0 aliphatic heterocycles. The highest BCUT2D eigenvalue weighted by Gasteiger charge is 2.34. The molecule has 0 spiro atoms. The first-order valence-corrected chi connectivity index (χ1v) is 7.26. The van der Waals surface area contributed by atoms with Gasteiger partial charge >= 0.3 is 5.97 Å². The number of pyridine rings is 1. The third-order valence-corrected chi connectivity index (χ3v) is 3.41. The Morgan fingerprint density at radius 1 is 1.48 bits per heavy atom. The highest BCUT2D eigenvalue weighted by Crippen LogP contribution is 2.18. The van der Waals surface area contributed by atoms with E-state index in [2.05, 4.69) is 26.2 Å². The lowest BCUT2D eigenvalue weighted by molar-refractivity contribution is -0.149. The number of aromatic nitrogens is 1. The largest absolute Gasteiger partial charge is 0.480 e. The second-order valence-corrected chi connectivity index (χ2v) is 6.72. The molecule has 1 heterocycles. The molecule has 0 fully saturated rings. The molecule has 1 atom stereocenters. The summed E-state index contributed by atoms with van der Waals surface area (Å²) in [6, 6.07) is 1.50. The molecule has 21 heavy (non-hydrogen) atoms. The van der Waals surface area contributed by atoms with Crippen LogP contribution in [-0.4, -0.2) is 33.8 Å². The molecular weight excluding hydrogens is 343 g/mol. The molecule has 7 heteroatoms. The SMILES string of the molecule is CC(C)(C)OC[C@@](C)(NCc1ccnc(Br)c1F)C(=O)O. The summed E-state index contributed by atoms with van der Waals surface area (Å²) in [5, 5.41) is 12.2. The molecule has 0 unspecified atom stereocenters. The zero-order valence-electron chi connectivity index (χ0n) is 12.5. The Bertz CT molecular complexity index is 519. The van der Waals surface area contributed by atoms with Crippen molar-refractivity contribution in [2.75, 3.05) is 6.61 Å². The molecule has 0 saturated heterocycles. The zero-order chi connectivity index (χ0) is 16.3. The fourth-order valence-electron chi connectivity index (χ4n) is 1.43. The van der Waals surface area contributed by atoms with Crippen LogP contribution in [0.25, 0.3) is 0 Å². The molecule has 5 nitrogen and oxygen atoms in total. The van der Waals surface area contributed by atoms with Gasteiger partial charge < -0.3 is 9.84 Å². The van der Waals surface area contributed by atoms with E-state index < -0.39 is 22.9 Å². The zero-order valence-corrected chi connectivity index (χ0v) is 14.1. The smallest absolute Gasteiger partial charge is 0.326 e. The predicted molar refractivity (Wildman–Crippen MR) is 80.5 cm³/mol. The first-order valence-electron chi connectivity index (χ1n) is 6.46. The van der Waals surface area contributed by atoms with Crippen molar-refractivity contribution in [2.45, 2.75) is 45.4 Å². The highest BCUT2D eigenvalue weighted by molar-refractivity contribution is 9.10. The molecule has 1 aromatic heterocycles. The van der Waals surface area contributed by atoms with Gasteiger partial charge in [0.2, 0.25) is 0 Å². The normalized spacial score (nSPS) is 14.8. The van der Waals surface area contributed by atoms with E-state index >= 15 is 0 Å². The third kappa shape index (κ3) is 5.33. The van der Waals surface area contributed by atoms with Crippen LogP contribution in [0.5, 0.6) is 0 Å². The number of rotatable bonds is 6. The molecule has 1 aromatic rings. The fourth-order valence-corrected chi connectivity index (χ4v) is 1.80. The number of hydrogen-bond acceptors (Lipinski definition) is 4. The van der Waals surface area contributed by atoms with E-state index in [0.29, 0.717) is 5.56 Å². The number of carboxylic acid groups (broad SMARTS) is 1. The average Bonchev–Trinajstić information content (AvgIpc) is 2.37. The molecule has 0 aliphatic carbocycles. The number of halogens is 2. The average molecular weight is 363 g/mol. The van der Waals surface area contributed by atoms with E-state index in [1.165, 1.54) is 19.2 Å². The first kappa shape index (κ1) is 18.0. The van der Waals surface area contributed by atoms with Crippen LogP contribution in [0, 0.1) is 5.82 Å².